The minimum Gasteiger partial charge on any atom is -0.491 e. The van der Waals surface area contributed by atoms with Gasteiger partial charge in [-0.1, -0.05) is 18.2 Å². The number of aliphatic hydroxyl groups excluding tert-OH is 1. The summed E-state index contributed by atoms with van der Waals surface area (Å²) in [5, 5.41) is 13.7. The highest BCUT2D eigenvalue weighted by Crippen LogP contribution is 2.37. The van der Waals surface area contributed by atoms with Crippen molar-refractivity contribution in [3.8, 4) is 5.75 Å². The second kappa shape index (κ2) is 12.9. The molecule has 2 aromatic carbocycles. The molecule has 2 saturated heterocycles. The second-order valence-electron chi connectivity index (χ2n) is 11.9. The molecule has 0 amide bonds. The Labute approximate surface area is 258 Å². The molecular weight excluding hydrogens is 606 g/mol. The third-order valence-electron chi connectivity index (χ3n) is 8.60. The van der Waals surface area contributed by atoms with E-state index in [4.69, 9.17) is 9.47 Å². The summed E-state index contributed by atoms with van der Waals surface area (Å²) in [6.07, 6.45) is 2.29. The van der Waals surface area contributed by atoms with E-state index in [1.165, 1.54) is 22.6 Å². The van der Waals surface area contributed by atoms with Crippen molar-refractivity contribution in [2.45, 2.75) is 79.4 Å². The van der Waals surface area contributed by atoms with Gasteiger partial charge in [0.15, 0.2) is 9.84 Å². The van der Waals surface area contributed by atoms with Crippen LogP contribution in [0.2, 0.25) is 0 Å². The van der Waals surface area contributed by atoms with Gasteiger partial charge in [0.1, 0.15) is 23.4 Å². The quantitative estimate of drug-likeness (QED) is 0.321. The van der Waals surface area contributed by atoms with Crippen LogP contribution in [0.25, 0.3) is 10.9 Å². The maximum Gasteiger partial charge on any atom is 0.248 e. The number of aryl methyl sites for hydroxylation is 1. The van der Waals surface area contributed by atoms with E-state index >= 15 is 0 Å². The minimum atomic E-state index is -3.99. The molecule has 1 spiro atoms. The number of sulfone groups is 1. The number of nitrogens with one attached hydrogen (secondary N) is 1. The van der Waals surface area contributed by atoms with Crippen molar-refractivity contribution >= 4 is 30.8 Å². The summed E-state index contributed by atoms with van der Waals surface area (Å²) in [5.41, 5.74) is -0.249. The van der Waals surface area contributed by atoms with Crippen molar-refractivity contribution in [1.29, 1.82) is 0 Å². The molecule has 0 aliphatic carbocycles. The van der Waals surface area contributed by atoms with Crippen molar-refractivity contribution in [3.63, 3.8) is 0 Å². The molecule has 2 N–H and O–H groups in total. The van der Waals surface area contributed by atoms with Crippen LogP contribution in [0.5, 0.6) is 5.75 Å². The number of piperidine rings is 1. The van der Waals surface area contributed by atoms with Crippen LogP contribution in [0.3, 0.4) is 0 Å². The van der Waals surface area contributed by atoms with Crippen LogP contribution in [-0.2, 0) is 31.1 Å². The van der Waals surface area contributed by atoms with Gasteiger partial charge in [0, 0.05) is 43.8 Å². The molecule has 0 bridgehead atoms. The van der Waals surface area contributed by atoms with Gasteiger partial charge in [0.25, 0.3) is 0 Å². The molecule has 3 aromatic rings. The standard InChI is InChI=1S/C31H41N3O8S2/c1-4-33-19-29(30(36)27-10-5-6-11-28(27)33)44(39,40)34-14-12-31(13-15-34)17-23(20-42-31)32-18-24(35)21-41-25-8-7-9-26(16-25)43(37,38)22(2)3/h5-11,16,19,22-24,32,35H,4,12-15,17-18,20-21H2,1-3H3. The molecule has 2 aliphatic rings. The lowest BCUT2D eigenvalue weighted by Crippen LogP contribution is -2.47. The Bertz CT molecular complexity index is 1760. The molecular formula is C31H41N3O8S2. The number of para-hydroxylation sites is 1. The molecule has 2 atom stereocenters. The first-order valence-electron chi connectivity index (χ1n) is 15.0. The molecule has 13 heteroatoms. The average Bonchev–Trinajstić information content (AvgIpc) is 3.41. The van der Waals surface area contributed by atoms with Gasteiger partial charge >= 0.3 is 0 Å². The molecule has 2 aliphatic heterocycles. The summed E-state index contributed by atoms with van der Waals surface area (Å²) in [6, 6.07) is 13.3. The highest BCUT2D eigenvalue weighted by atomic mass is 32.2. The predicted molar refractivity (Wildman–Crippen MR) is 167 cm³/mol. The molecule has 11 nitrogen and oxygen atoms in total. The highest BCUT2D eigenvalue weighted by Gasteiger charge is 2.45. The molecule has 240 valence electrons. The third kappa shape index (κ3) is 6.58. The molecule has 3 heterocycles. The largest absolute Gasteiger partial charge is 0.491 e. The molecule has 5 rings (SSSR count). The van der Waals surface area contributed by atoms with Crippen molar-refractivity contribution in [1.82, 2.24) is 14.2 Å². The lowest BCUT2D eigenvalue weighted by molar-refractivity contribution is -0.0312. The maximum absolute atomic E-state index is 13.6. The summed E-state index contributed by atoms with van der Waals surface area (Å²) >= 11 is 0. The summed E-state index contributed by atoms with van der Waals surface area (Å²) in [4.78, 5) is 13.2. The van der Waals surface area contributed by atoms with Crippen LogP contribution in [0.1, 0.15) is 40.0 Å². The summed E-state index contributed by atoms with van der Waals surface area (Å²) < 4.78 is 67.1. The van der Waals surface area contributed by atoms with E-state index in [0.29, 0.717) is 49.1 Å². The Morgan fingerprint density at radius 3 is 2.52 bits per heavy atom. The Hall–Kier alpha value is -2.81. The summed E-state index contributed by atoms with van der Waals surface area (Å²) in [5.74, 6) is 0.368. The number of nitrogens with zero attached hydrogens (tertiary/aromatic N) is 2. The van der Waals surface area contributed by atoms with Gasteiger partial charge < -0.3 is 24.5 Å². The van der Waals surface area contributed by atoms with E-state index in [1.54, 1.807) is 42.7 Å². The number of hydrogen-bond acceptors (Lipinski definition) is 9. The first-order chi connectivity index (χ1) is 20.9. The van der Waals surface area contributed by atoms with Crippen LogP contribution in [0.15, 0.2) is 69.3 Å². The average molecular weight is 648 g/mol. The molecule has 44 heavy (non-hydrogen) atoms. The number of sulfonamides is 1. The Balaban J connectivity index is 1.14. The second-order valence-corrected chi connectivity index (χ2v) is 16.3. The van der Waals surface area contributed by atoms with Crippen LogP contribution in [-0.4, -0.2) is 86.7 Å². The smallest absolute Gasteiger partial charge is 0.248 e. The van der Waals surface area contributed by atoms with Gasteiger partial charge in [0.05, 0.1) is 27.9 Å². The Morgan fingerprint density at radius 2 is 1.82 bits per heavy atom. The van der Waals surface area contributed by atoms with Crippen molar-refractivity contribution in [2.24, 2.45) is 0 Å². The number of ether oxygens (including phenoxy) is 2. The Morgan fingerprint density at radius 1 is 1.09 bits per heavy atom. The molecule has 0 radical (unpaired) electrons. The minimum absolute atomic E-state index is 0.0156. The first kappa shape index (κ1) is 32.6. The monoisotopic (exact) mass is 647 g/mol. The molecule has 1 aromatic heterocycles. The fourth-order valence-electron chi connectivity index (χ4n) is 5.93. The van der Waals surface area contributed by atoms with E-state index in [2.05, 4.69) is 5.32 Å². The summed E-state index contributed by atoms with van der Waals surface area (Å²) in [7, 11) is -7.43. The maximum atomic E-state index is 13.6. The first-order valence-corrected chi connectivity index (χ1v) is 18.0. The van der Waals surface area contributed by atoms with Gasteiger partial charge in [-0.2, -0.15) is 4.31 Å². The van der Waals surface area contributed by atoms with E-state index in [-0.39, 0.29) is 42.1 Å². The number of benzene rings is 2. The lowest BCUT2D eigenvalue weighted by atomic mass is 9.88. The van der Waals surface area contributed by atoms with Gasteiger partial charge in [-0.3, -0.25) is 4.79 Å². The number of aliphatic hydroxyl groups is 1. The number of pyridine rings is 1. The fraction of sp³-hybridized carbons (Fsp3) is 0.516. The van der Waals surface area contributed by atoms with Crippen molar-refractivity contribution in [2.75, 3.05) is 32.8 Å². The van der Waals surface area contributed by atoms with Gasteiger partial charge in [-0.25, -0.2) is 16.8 Å². The van der Waals surface area contributed by atoms with E-state index < -0.39 is 42.2 Å². The van der Waals surface area contributed by atoms with Crippen LogP contribution >= 0.6 is 0 Å². The SMILES string of the molecule is CCn1cc(S(=O)(=O)N2CCC3(CC2)CC(NCC(O)COc2cccc(S(=O)(=O)C(C)C)c2)CO3)c(=O)c2ccccc21. The topological polar surface area (TPSA) is 144 Å². The zero-order valence-corrected chi connectivity index (χ0v) is 26.9. The van der Waals surface area contributed by atoms with E-state index in [9.17, 15) is 26.7 Å². The molecule has 0 saturated carbocycles. The van der Waals surface area contributed by atoms with Crippen molar-refractivity contribution in [3.05, 3.63) is 65.0 Å². The Kier molecular flexibility index (Phi) is 9.55. The highest BCUT2D eigenvalue weighted by molar-refractivity contribution is 7.92. The summed E-state index contributed by atoms with van der Waals surface area (Å²) in [6.45, 7) is 6.84. The fourth-order valence-corrected chi connectivity index (χ4v) is 8.57. The van der Waals surface area contributed by atoms with Gasteiger partial charge in [-0.05, 0) is 70.4 Å². The van der Waals surface area contributed by atoms with Crippen LogP contribution in [0.4, 0.5) is 0 Å². The van der Waals surface area contributed by atoms with Crippen LogP contribution in [0, 0.1) is 0 Å². The predicted octanol–water partition coefficient (Wildman–Crippen LogP) is 2.55. The molecule has 2 fully saturated rings. The van der Waals surface area contributed by atoms with Gasteiger partial charge in [-0.15, -0.1) is 0 Å². The lowest BCUT2D eigenvalue weighted by Gasteiger charge is -2.38. The zero-order chi connectivity index (χ0) is 31.7. The number of aromatic nitrogens is 1. The number of rotatable bonds is 11. The zero-order valence-electron chi connectivity index (χ0n) is 25.3. The normalized spacial score (nSPS) is 20.0. The van der Waals surface area contributed by atoms with E-state index in [1.807, 2.05) is 19.1 Å². The van der Waals surface area contributed by atoms with Crippen LogP contribution < -0.4 is 15.5 Å². The van der Waals surface area contributed by atoms with E-state index in [0.717, 1.165) is 0 Å². The van der Waals surface area contributed by atoms with Gasteiger partial charge in [0.2, 0.25) is 15.5 Å². The number of hydrogen-bond donors (Lipinski definition) is 2. The van der Waals surface area contributed by atoms with Crippen molar-refractivity contribution < 1.29 is 31.4 Å². The molecule has 2 unspecified atom stereocenters. The number of fused-ring (bicyclic) bond motifs is 1. The third-order valence-corrected chi connectivity index (χ3v) is 12.6.